The quantitative estimate of drug-likeness (QED) is 0.590. The third-order valence-corrected chi connectivity index (χ3v) is 9.88. The first-order valence-electron chi connectivity index (χ1n) is 9.85. The van der Waals surface area contributed by atoms with Crippen molar-refractivity contribution in [3.63, 3.8) is 0 Å². The van der Waals surface area contributed by atoms with Crippen LogP contribution in [0.5, 0.6) is 0 Å². The maximum atomic E-state index is 13.2. The number of fused-ring (bicyclic) bond motifs is 1. The predicted molar refractivity (Wildman–Crippen MR) is 117 cm³/mol. The lowest BCUT2D eigenvalue weighted by atomic mass is 10.2. The molecular formula is C19H21N5O3S3. The highest BCUT2D eigenvalue weighted by Gasteiger charge is 2.42. The summed E-state index contributed by atoms with van der Waals surface area (Å²) < 4.78 is 27.6. The standard InChI is InChI=1S/C19H21N5O3S3/c25-18(15-5-2-8-24(15)30(26,27)16-6-3-13-28-16)22-9-11-23(12-10-22)19-21-14-4-1-7-20-17(14)29-19/h1,3-4,6-7,13,15H,2,5,8-12H2. The topological polar surface area (TPSA) is 86.7 Å². The van der Waals surface area contributed by atoms with Gasteiger partial charge in [0.05, 0.1) is 0 Å². The summed E-state index contributed by atoms with van der Waals surface area (Å²) in [5, 5.41) is 2.66. The highest BCUT2D eigenvalue weighted by Crippen LogP contribution is 2.31. The Balaban J connectivity index is 1.27. The first-order valence-corrected chi connectivity index (χ1v) is 13.0. The zero-order chi connectivity index (χ0) is 20.7. The van der Waals surface area contributed by atoms with Crippen LogP contribution in [0.2, 0.25) is 0 Å². The van der Waals surface area contributed by atoms with Crippen molar-refractivity contribution < 1.29 is 13.2 Å². The first-order chi connectivity index (χ1) is 14.5. The molecule has 8 nitrogen and oxygen atoms in total. The van der Waals surface area contributed by atoms with E-state index < -0.39 is 16.1 Å². The van der Waals surface area contributed by atoms with Crippen molar-refractivity contribution in [1.82, 2.24) is 19.2 Å². The molecule has 0 spiro atoms. The Labute approximate surface area is 182 Å². The van der Waals surface area contributed by atoms with Crippen molar-refractivity contribution in [2.75, 3.05) is 37.6 Å². The molecule has 0 saturated carbocycles. The molecule has 30 heavy (non-hydrogen) atoms. The number of thiazole rings is 1. The van der Waals surface area contributed by atoms with Crippen LogP contribution in [0.15, 0.2) is 40.1 Å². The minimum absolute atomic E-state index is 0.0850. The summed E-state index contributed by atoms with van der Waals surface area (Å²) in [6.07, 6.45) is 3.05. The molecule has 1 atom stereocenters. The number of nitrogens with zero attached hydrogens (tertiary/aromatic N) is 5. The van der Waals surface area contributed by atoms with Gasteiger partial charge in [0.1, 0.15) is 20.6 Å². The molecule has 158 valence electrons. The van der Waals surface area contributed by atoms with Gasteiger partial charge in [0.2, 0.25) is 5.91 Å². The number of rotatable bonds is 4. The van der Waals surface area contributed by atoms with Gasteiger partial charge in [-0.25, -0.2) is 18.4 Å². The van der Waals surface area contributed by atoms with Crippen molar-refractivity contribution >= 4 is 54.1 Å². The number of sulfonamides is 1. The summed E-state index contributed by atoms with van der Waals surface area (Å²) >= 11 is 2.75. The second kappa shape index (κ2) is 7.88. The number of aromatic nitrogens is 2. The van der Waals surface area contributed by atoms with E-state index in [4.69, 9.17) is 0 Å². The van der Waals surface area contributed by atoms with Gasteiger partial charge in [-0.2, -0.15) is 4.31 Å². The molecule has 0 aliphatic carbocycles. The normalized spacial score (nSPS) is 20.9. The van der Waals surface area contributed by atoms with Gasteiger partial charge in [-0.1, -0.05) is 17.4 Å². The fourth-order valence-corrected chi connectivity index (χ4v) is 7.75. The monoisotopic (exact) mass is 463 g/mol. The fraction of sp³-hybridized carbons (Fsp3) is 0.421. The van der Waals surface area contributed by atoms with Crippen molar-refractivity contribution in [2.45, 2.75) is 23.1 Å². The number of carbonyl (C=O) groups is 1. The van der Waals surface area contributed by atoms with Crippen molar-refractivity contribution in [3.8, 4) is 0 Å². The molecule has 3 aromatic rings. The number of thiophene rings is 1. The van der Waals surface area contributed by atoms with Crippen LogP contribution in [0, 0.1) is 0 Å². The zero-order valence-electron chi connectivity index (χ0n) is 16.2. The lowest BCUT2D eigenvalue weighted by Crippen LogP contribution is -2.54. The van der Waals surface area contributed by atoms with Gasteiger partial charge in [0.15, 0.2) is 5.13 Å². The zero-order valence-corrected chi connectivity index (χ0v) is 18.6. The van der Waals surface area contributed by atoms with Gasteiger partial charge in [-0.3, -0.25) is 4.79 Å². The number of hydrogen-bond donors (Lipinski definition) is 0. The summed E-state index contributed by atoms with van der Waals surface area (Å²) in [5.41, 5.74) is 0.886. The maximum Gasteiger partial charge on any atom is 0.253 e. The van der Waals surface area contributed by atoms with E-state index in [0.717, 1.165) is 15.5 Å². The highest BCUT2D eigenvalue weighted by atomic mass is 32.2. The van der Waals surface area contributed by atoms with Gasteiger partial charge in [0.25, 0.3) is 10.0 Å². The van der Waals surface area contributed by atoms with Gasteiger partial charge >= 0.3 is 0 Å². The Bertz CT molecular complexity index is 1120. The van der Waals surface area contributed by atoms with Crippen LogP contribution in [-0.4, -0.2) is 72.3 Å². The second-order valence-electron chi connectivity index (χ2n) is 7.34. The van der Waals surface area contributed by atoms with Crippen LogP contribution in [0.1, 0.15) is 12.8 Å². The van der Waals surface area contributed by atoms with Gasteiger partial charge in [-0.15, -0.1) is 11.3 Å². The van der Waals surface area contributed by atoms with Crippen LogP contribution in [0.25, 0.3) is 10.3 Å². The van der Waals surface area contributed by atoms with E-state index in [-0.39, 0.29) is 5.91 Å². The average molecular weight is 464 g/mol. The van der Waals surface area contributed by atoms with Gasteiger partial charge in [0, 0.05) is 38.9 Å². The van der Waals surface area contributed by atoms with E-state index in [0.29, 0.717) is 49.8 Å². The van der Waals surface area contributed by atoms with E-state index in [9.17, 15) is 13.2 Å². The molecule has 2 saturated heterocycles. The van der Waals surface area contributed by atoms with Crippen LogP contribution in [-0.2, 0) is 14.8 Å². The lowest BCUT2D eigenvalue weighted by Gasteiger charge is -2.36. The Morgan fingerprint density at radius 2 is 1.93 bits per heavy atom. The molecule has 2 fully saturated rings. The summed E-state index contributed by atoms with van der Waals surface area (Å²) in [4.78, 5) is 27.1. The Morgan fingerprint density at radius 3 is 2.67 bits per heavy atom. The SMILES string of the molecule is O=C(C1CCCN1S(=O)(=O)c1cccs1)N1CCN(c2nc3cccnc3s2)CC1. The Kier molecular flexibility index (Phi) is 5.21. The lowest BCUT2D eigenvalue weighted by molar-refractivity contribution is -0.134. The van der Waals surface area contributed by atoms with E-state index in [1.165, 1.54) is 15.6 Å². The summed E-state index contributed by atoms with van der Waals surface area (Å²) in [7, 11) is -3.62. The molecule has 5 heterocycles. The molecule has 5 rings (SSSR count). The van der Waals surface area contributed by atoms with Crippen molar-refractivity contribution in [2.24, 2.45) is 0 Å². The second-order valence-corrected chi connectivity index (χ2v) is 11.4. The van der Waals surface area contributed by atoms with Crippen LogP contribution >= 0.6 is 22.7 Å². The smallest absolute Gasteiger partial charge is 0.253 e. The number of anilines is 1. The fourth-order valence-electron chi connectivity index (χ4n) is 4.02. The summed E-state index contributed by atoms with van der Waals surface area (Å²) in [5.74, 6) is -0.0850. The Morgan fingerprint density at radius 1 is 1.10 bits per heavy atom. The molecule has 11 heteroatoms. The van der Waals surface area contributed by atoms with Gasteiger partial charge < -0.3 is 9.80 Å². The van der Waals surface area contributed by atoms with E-state index in [1.807, 2.05) is 12.1 Å². The minimum atomic E-state index is -3.62. The van der Waals surface area contributed by atoms with Gasteiger partial charge in [-0.05, 0) is 36.4 Å². The molecular weight excluding hydrogens is 442 g/mol. The van der Waals surface area contributed by atoms with E-state index in [1.54, 1.807) is 39.9 Å². The number of amides is 1. The maximum absolute atomic E-state index is 13.2. The van der Waals surface area contributed by atoms with E-state index in [2.05, 4.69) is 14.9 Å². The molecule has 1 amide bonds. The molecule has 0 bridgehead atoms. The number of piperazine rings is 1. The molecule has 0 radical (unpaired) electrons. The Hall–Kier alpha value is -2.08. The summed E-state index contributed by atoms with van der Waals surface area (Å²) in [6, 6.07) is 6.55. The highest BCUT2D eigenvalue weighted by molar-refractivity contribution is 7.91. The predicted octanol–water partition coefficient (Wildman–Crippen LogP) is 2.25. The minimum Gasteiger partial charge on any atom is -0.344 e. The number of pyridine rings is 1. The first kappa shape index (κ1) is 19.9. The molecule has 0 N–H and O–H groups in total. The molecule has 1 unspecified atom stereocenters. The van der Waals surface area contributed by atoms with Crippen molar-refractivity contribution in [3.05, 3.63) is 35.8 Å². The van der Waals surface area contributed by atoms with Crippen LogP contribution < -0.4 is 4.90 Å². The molecule has 0 aromatic carbocycles. The molecule has 3 aromatic heterocycles. The summed E-state index contributed by atoms with van der Waals surface area (Å²) in [6.45, 7) is 2.87. The molecule has 2 aliphatic heterocycles. The average Bonchev–Trinajstić information content (AvgIpc) is 3.53. The molecule has 2 aliphatic rings. The van der Waals surface area contributed by atoms with Crippen molar-refractivity contribution in [1.29, 1.82) is 0 Å². The van der Waals surface area contributed by atoms with Crippen LogP contribution in [0.4, 0.5) is 5.13 Å². The number of hydrogen-bond acceptors (Lipinski definition) is 8. The third-order valence-electron chi connectivity index (χ3n) is 5.56. The van der Waals surface area contributed by atoms with E-state index >= 15 is 0 Å². The third kappa shape index (κ3) is 3.49. The number of carbonyl (C=O) groups excluding carboxylic acids is 1. The largest absolute Gasteiger partial charge is 0.344 e. The van der Waals surface area contributed by atoms with Crippen LogP contribution in [0.3, 0.4) is 0 Å².